The number of carbonyl (C=O) groups excluding carboxylic acids is 1. The first-order valence-corrected chi connectivity index (χ1v) is 6.77. The lowest BCUT2D eigenvalue weighted by atomic mass is 10.2. The molecule has 0 radical (unpaired) electrons. The Bertz CT molecular complexity index is 366. The highest BCUT2D eigenvalue weighted by molar-refractivity contribution is 8.00. The molecule has 1 amide bonds. The molecule has 0 heterocycles. The summed E-state index contributed by atoms with van der Waals surface area (Å²) in [5.41, 5.74) is 6.28. The number of hydrogen-bond donors (Lipinski definition) is 2. The van der Waals surface area contributed by atoms with Crippen molar-refractivity contribution in [1.29, 1.82) is 0 Å². The fourth-order valence-electron chi connectivity index (χ4n) is 1.40. The Balaban J connectivity index is 2.66. The number of carbonyl (C=O) groups is 1. The molecule has 0 aliphatic heterocycles. The summed E-state index contributed by atoms with van der Waals surface area (Å²) < 4.78 is 0. The summed E-state index contributed by atoms with van der Waals surface area (Å²) in [6.07, 6.45) is 1.21. The van der Waals surface area contributed by atoms with E-state index in [4.69, 9.17) is 5.73 Å². The van der Waals surface area contributed by atoms with E-state index in [-0.39, 0.29) is 5.91 Å². The van der Waals surface area contributed by atoms with E-state index in [0.717, 1.165) is 17.0 Å². The smallest absolute Gasteiger partial charge is 0.224 e. The third kappa shape index (κ3) is 5.24. The van der Waals surface area contributed by atoms with Crippen LogP contribution in [0.25, 0.3) is 0 Å². The quantitative estimate of drug-likeness (QED) is 0.765. The Morgan fingerprint density at radius 2 is 2.12 bits per heavy atom. The molecule has 3 N–H and O–H groups in total. The zero-order valence-corrected chi connectivity index (χ0v) is 11.2. The number of nitrogens with one attached hydrogen (secondary N) is 1. The minimum atomic E-state index is 0.0345. The number of rotatable bonds is 6. The van der Waals surface area contributed by atoms with Gasteiger partial charge in [-0.15, -0.1) is 11.8 Å². The van der Waals surface area contributed by atoms with Gasteiger partial charge in [-0.3, -0.25) is 4.79 Å². The van der Waals surface area contributed by atoms with Gasteiger partial charge in [-0.05, 0) is 25.1 Å². The molecule has 0 bridgehead atoms. The Morgan fingerprint density at radius 3 is 2.76 bits per heavy atom. The van der Waals surface area contributed by atoms with E-state index in [2.05, 4.69) is 19.2 Å². The monoisotopic (exact) mass is 252 g/mol. The zero-order valence-electron chi connectivity index (χ0n) is 10.4. The first-order chi connectivity index (χ1) is 8.13. The first-order valence-electron chi connectivity index (χ1n) is 5.89. The Kier molecular flexibility index (Phi) is 6.08. The first kappa shape index (κ1) is 14.1. The molecule has 0 fully saturated rings. The lowest BCUT2D eigenvalue weighted by Gasteiger charge is -2.12. The van der Waals surface area contributed by atoms with Crippen molar-refractivity contribution in [3.63, 3.8) is 0 Å². The predicted molar refractivity (Wildman–Crippen MR) is 74.4 cm³/mol. The normalized spacial score (nSPS) is 10.6. The summed E-state index contributed by atoms with van der Waals surface area (Å²) in [6, 6.07) is 7.89. The molecule has 94 valence electrons. The zero-order chi connectivity index (χ0) is 12.7. The van der Waals surface area contributed by atoms with Gasteiger partial charge in [-0.25, -0.2) is 0 Å². The molecule has 1 aromatic rings. The van der Waals surface area contributed by atoms with Gasteiger partial charge in [0.25, 0.3) is 0 Å². The Labute approximate surface area is 107 Å². The van der Waals surface area contributed by atoms with Crippen LogP contribution in [0.3, 0.4) is 0 Å². The van der Waals surface area contributed by atoms with Gasteiger partial charge in [-0.1, -0.05) is 26.0 Å². The van der Waals surface area contributed by atoms with Crippen molar-refractivity contribution < 1.29 is 4.79 Å². The van der Waals surface area contributed by atoms with E-state index in [1.165, 1.54) is 0 Å². The molecule has 0 aliphatic carbocycles. The fourth-order valence-corrected chi connectivity index (χ4v) is 2.31. The highest BCUT2D eigenvalue weighted by Crippen LogP contribution is 2.30. The van der Waals surface area contributed by atoms with E-state index in [1.807, 2.05) is 24.3 Å². The summed E-state index contributed by atoms with van der Waals surface area (Å²) in [5, 5.41) is 3.43. The summed E-state index contributed by atoms with van der Waals surface area (Å²) in [5.74, 6) is 0.0345. The largest absolute Gasteiger partial charge is 0.330 e. The maximum Gasteiger partial charge on any atom is 0.224 e. The molecular weight excluding hydrogens is 232 g/mol. The summed E-state index contributed by atoms with van der Waals surface area (Å²) in [6.45, 7) is 4.82. The molecule has 3 nitrogen and oxygen atoms in total. The van der Waals surface area contributed by atoms with Gasteiger partial charge in [0.2, 0.25) is 5.91 Å². The van der Waals surface area contributed by atoms with Crippen molar-refractivity contribution in [1.82, 2.24) is 0 Å². The number of nitrogens with two attached hydrogens (primary N) is 1. The van der Waals surface area contributed by atoms with Crippen molar-refractivity contribution in [2.45, 2.75) is 36.8 Å². The summed E-state index contributed by atoms with van der Waals surface area (Å²) in [4.78, 5) is 12.7. The van der Waals surface area contributed by atoms with Crippen LogP contribution < -0.4 is 11.1 Å². The number of thioether (sulfide) groups is 1. The maximum atomic E-state index is 11.6. The highest BCUT2D eigenvalue weighted by Gasteiger charge is 2.07. The third-order valence-electron chi connectivity index (χ3n) is 2.13. The van der Waals surface area contributed by atoms with Crippen LogP contribution in [0.15, 0.2) is 29.2 Å². The number of anilines is 1. The predicted octanol–water partition coefficient (Wildman–Crippen LogP) is 2.86. The second-order valence-corrected chi connectivity index (χ2v) is 5.72. The minimum absolute atomic E-state index is 0.0345. The minimum Gasteiger partial charge on any atom is -0.330 e. The highest BCUT2D eigenvalue weighted by atomic mass is 32.2. The van der Waals surface area contributed by atoms with Gasteiger partial charge in [0, 0.05) is 16.6 Å². The number of hydrogen-bond acceptors (Lipinski definition) is 3. The lowest BCUT2D eigenvalue weighted by molar-refractivity contribution is -0.116. The van der Waals surface area contributed by atoms with Crippen molar-refractivity contribution in [3.8, 4) is 0 Å². The van der Waals surface area contributed by atoms with Crippen LogP contribution in [-0.4, -0.2) is 17.7 Å². The Hall–Kier alpha value is -1.00. The molecule has 0 aromatic heterocycles. The number of benzene rings is 1. The van der Waals surface area contributed by atoms with E-state index in [9.17, 15) is 4.79 Å². The number of amides is 1. The van der Waals surface area contributed by atoms with E-state index >= 15 is 0 Å². The SMILES string of the molecule is CC(C)Sc1ccccc1NC(=O)CCCN. The van der Waals surface area contributed by atoms with Gasteiger partial charge in [-0.2, -0.15) is 0 Å². The lowest BCUT2D eigenvalue weighted by Crippen LogP contribution is -2.14. The molecule has 0 unspecified atom stereocenters. The molecule has 0 saturated carbocycles. The molecule has 4 heteroatoms. The molecule has 1 rings (SSSR count). The maximum absolute atomic E-state index is 11.6. The van der Waals surface area contributed by atoms with Crippen LogP contribution in [0, 0.1) is 0 Å². The standard InChI is InChI=1S/C13H20N2OS/c1-10(2)17-12-7-4-3-6-11(12)15-13(16)8-5-9-14/h3-4,6-7,10H,5,8-9,14H2,1-2H3,(H,15,16). The third-order valence-corrected chi connectivity index (χ3v) is 3.21. The molecule has 0 atom stereocenters. The van der Waals surface area contributed by atoms with Gasteiger partial charge >= 0.3 is 0 Å². The molecule has 17 heavy (non-hydrogen) atoms. The second kappa shape index (κ2) is 7.35. The average Bonchev–Trinajstić information content (AvgIpc) is 2.28. The number of para-hydroxylation sites is 1. The van der Waals surface area contributed by atoms with Crippen LogP contribution in [0.4, 0.5) is 5.69 Å². The topological polar surface area (TPSA) is 55.1 Å². The van der Waals surface area contributed by atoms with Gasteiger partial charge in [0.15, 0.2) is 0 Å². The van der Waals surface area contributed by atoms with E-state index in [1.54, 1.807) is 11.8 Å². The fraction of sp³-hybridized carbons (Fsp3) is 0.462. The average molecular weight is 252 g/mol. The summed E-state index contributed by atoms with van der Waals surface area (Å²) >= 11 is 1.75. The van der Waals surface area contributed by atoms with Gasteiger partial charge < -0.3 is 11.1 Å². The van der Waals surface area contributed by atoms with Crippen LogP contribution in [0.5, 0.6) is 0 Å². The van der Waals surface area contributed by atoms with E-state index < -0.39 is 0 Å². The van der Waals surface area contributed by atoms with Gasteiger partial charge in [0.05, 0.1) is 5.69 Å². The molecule has 0 saturated heterocycles. The molecule has 1 aromatic carbocycles. The van der Waals surface area contributed by atoms with Gasteiger partial charge in [0.1, 0.15) is 0 Å². The van der Waals surface area contributed by atoms with Crippen molar-refractivity contribution >= 4 is 23.4 Å². The molecule has 0 aliphatic rings. The van der Waals surface area contributed by atoms with Crippen LogP contribution in [0.2, 0.25) is 0 Å². The Morgan fingerprint density at radius 1 is 1.41 bits per heavy atom. The second-order valence-electron chi connectivity index (χ2n) is 4.10. The molecule has 0 spiro atoms. The van der Waals surface area contributed by atoms with Crippen molar-refractivity contribution in [3.05, 3.63) is 24.3 Å². The van der Waals surface area contributed by atoms with Crippen LogP contribution >= 0.6 is 11.8 Å². The van der Waals surface area contributed by atoms with E-state index in [0.29, 0.717) is 18.2 Å². The van der Waals surface area contributed by atoms with Crippen LogP contribution in [-0.2, 0) is 4.79 Å². The van der Waals surface area contributed by atoms with Crippen LogP contribution in [0.1, 0.15) is 26.7 Å². The van der Waals surface area contributed by atoms with Crippen molar-refractivity contribution in [2.24, 2.45) is 5.73 Å². The van der Waals surface area contributed by atoms with Crippen molar-refractivity contribution in [2.75, 3.05) is 11.9 Å². The molecular formula is C13H20N2OS. The summed E-state index contributed by atoms with van der Waals surface area (Å²) in [7, 11) is 0.